The molecule has 0 aliphatic heterocycles. The van der Waals surface area contributed by atoms with Crippen molar-refractivity contribution in [3.63, 3.8) is 0 Å². The standard InChI is InChI=1S/C16H17NO6/c18-8-11(5-9-1-3-12(19)14(21)6-9)17-16(23)10-2-4-13(20)15(22)7-10/h1-4,6-7,11,18-22H,5,8H2,(H,17,23)/t11-/m0/s1. The van der Waals surface area contributed by atoms with Gasteiger partial charge >= 0.3 is 0 Å². The number of phenolic OH excluding ortho intramolecular Hbond substituents is 4. The number of phenols is 4. The summed E-state index contributed by atoms with van der Waals surface area (Å²) in [6, 6.07) is 7.25. The molecule has 0 spiro atoms. The van der Waals surface area contributed by atoms with Gasteiger partial charge in [0.2, 0.25) is 0 Å². The van der Waals surface area contributed by atoms with Gasteiger partial charge in [-0.3, -0.25) is 4.79 Å². The highest BCUT2D eigenvalue weighted by Crippen LogP contribution is 2.26. The monoisotopic (exact) mass is 319 g/mol. The van der Waals surface area contributed by atoms with Crippen LogP contribution in [0.3, 0.4) is 0 Å². The number of amides is 1. The van der Waals surface area contributed by atoms with Crippen molar-refractivity contribution in [2.24, 2.45) is 0 Å². The van der Waals surface area contributed by atoms with E-state index in [-0.39, 0.29) is 35.8 Å². The Labute approximate surface area is 132 Å². The Morgan fingerprint density at radius 3 is 2.09 bits per heavy atom. The third-order valence-electron chi connectivity index (χ3n) is 3.32. The lowest BCUT2D eigenvalue weighted by molar-refractivity contribution is 0.0916. The number of carbonyl (C=O) groups excluding carboxylic acids is 1. The van der Waals surface area contributed by atoms with Gasteiger partial charge in [-0.1, -0.05) is 6.07 Å². The second-order valence-corrected chi connectivity index (χ2v) is 5.08. The van der Waals surface area contributed by atoms with E-state index in [9.17, 15) is 30.3 Å². The van der Waals surface area contributed by atoms with Crippen LogP contribution in [0.15, 0.2) is 36.4 Å². The van der Waals surface area contributed by atoms with Crippen LogP contribution in [0, 0.1) is 0 Å². The zero-order chi connectivity index (χ0) is 17.0. The van der Waals surface area contributed by atoms with Crippen LogP contribution in [0.4, 0.5) is 0 Å². The summed E-state index contributed by atoms with van der Waals surface area (Å²) < 4.78 is 0. The van der Waals surface area contributed by atoms with Crippen molar-refractivity contribution in [1.82, 2.24) is 5.32 Å². The minimum Gasteiger partial charge on any atom is -0.504 e. The highest BCUT2D eigenvalue weighted by atomic mass is 16.3. The number of carbonyl (C=O) groups is 1. The van der Waals surface area contributed by atoms with Crippen molar-refractivity contribution in [3.8, 4) is 23.0 Å². The van der Waals surface area contributed by atoms with Crippen molar-refractivity contribution in [1.29, 1.82) is 0 Å². The zero-order valence-corrected chi connectivity index (χ0v) is 12.1. The molecule has 122 valence electrons. The number of aliphatic hydroxyl groups is 1. The van der Waals surface area contributed by atoms with E-state index >= 15 is 0 Å². The minimum atomic E-state index is -0.623. The topological polar surface area (TPSA) is 130 Å². The van der Waals surface area contributed by atoms with Crippen molar-refractivity contribution < 1.29 is 30.3 Å². The Hall–Kier alpha value is -2.93. The molecule has 0 radical (unpaired) electrons. The number of aliphatic hydroxyl groups excluding tert-OH is 1. The van der Waals surface area contributed by atoms with Crippen LogP contribution in [0.2, 0.25) is 0 Å². The first kappa shape index (κ1) is 16.4. The molecule has 0 unspecified atom stereocenters. The number of benzene rings is 2. The third-order valence-corrected chi connectivity index (χ3v) is 3.32. The van der Waals surface area contributed by atoms with Gasteiger partial charge in [-0.25, -0.2) is 0 Å². The largest absolute Gasteiger partial charge is 0.504 e. The second-order valence-electron chi connectivity index (χ2n) is 5.08. The van der Waals surface area contributed by atoms with Gasteiger partial charge < -0.3 is 30.8 Å². The summed E-state index contributed by atoms with van der Waals surface area (Å²) >= 11 is 0. The van der Waals surface area contributed by atoms with Gasteiger partial charge in [-0.15, -0.1) is 0 Å². The summed E-state index contributed by atoms with van der Waals surface area (Å²) in [5, 5.41) is 49.3. The first-order valence-electron chi connectivity index (χ1n) is 6.85. The number of hydrogen-bond donors (Lipinski definition) is 6. The minimum absolute atomic E-state index is 0.132. The van der Waals surface area contributed by atoms with Gasteiger partial charge in [0.25, 0.3) is 5.91 Å². The molecule has 0 aromatic heterocycles. The first-order valence-corrected chi connectivity index (χ1v) is 6.85. The molecule has 0 bridgehead atoms. The Morgan fingerprint density at radius 2 is 1.52 bits per heavy atom. The molecule has 2 aromatic carbocycles. The zero-order valence-electron chi connectivity index (χ0n) is 12.1. The summed E-state index contributed by atoms with van der Waals surface area (Å²) in [7, 11) is 0. The van der Waals surface area contributed by atoms with E-state index in [0.29, 0.717) is 5.56 Å². The normalized spacial score (nSPS) is 11.9. The predicted octanol–water partition coefficient (Wildman–Crippen LogP) is 0.842. The molecule has 2 aromatic rings. The summed E-state index contributed by atoms with van der Waals surface area (Å²) in [6.07, 6.45) is 0.236. The molecule has 0 saturated carbocycles. The maximum absolute atomic E-state index is 12.1. The lowest BCUT2D eigenvalue weighted by Crippen LogP contribution is -2.39. The molecule has 7 heteroatoms. The number of aromatic hydroxyl groups is 4. The maximum atomic E-state index is 12.1. The molecule has 6 N–H and O–H groups in total. The fraction of sp³-hybridized carbons (Fsp3) is 0.188. The quantitative estimate of drug-likeness (QED) is 0.453. The summed E-state index contributed by atoms with van der Waals surface area (Å²) in [6.45, 7) is -0.336. The highest BCUT2D eigenvalue weighted by Gasteiger charge is 2.15. The van der Waals surface area contributed by atoms with E-state index in [2.05, 4.69) is 5.32 Å². The SMILES string of the molecule is O=C(N[C@H](CO)Cc1ccc(O)c(O)c1)c1ccc(O)c(O)c1. The second kappa shape index (κ2) is 6.89. The Balaban J connectivity index is 2.07. The Kier molecular flexibility index (Phi) is 4.92. The van der Waals surface area contributed by atoms with Gasteiger partial charge in [0, 0.05) is 5.56 Å². The lowest BCUT2D eigenvalue weighted by atomic mass is 10.0. The third kappa shape index (κ3) is 4.04. The lowest BCUT2D eigenvalue weighted by Gasteiger charge is -2.17. The Morgan fingerprint density at radius 1 is 0.913 bits per heavy atom. The van der Waals surface area contributed by atoms with E-state index in [0.717, 1.165) is 6.07 Å². The first-order chi connectivity index (χ1) is 10.9. The van der Waals surface area contributed by atoms with Crippen molar-refractivity contribution >= 4 is 5.91 Å². The van der Waals surface area contributed by atoms with Gasteiger partial charge in [-0.05, 0) is 42.3 Å². The molecular formula is C16H17NO6. The average molecular weight is 319 g/mol. The average Bonchev–Trinajstić information content (AvgIpc) is 2.52. The molecule has 1 atom stereocenters. The van der Waals surface area contributed by atoms with Crippen LogP contribution in [0.5, 0.6) is 23.0 Å². The van der Waals surface area contributed by atoms with E-state index < -0.39 is 17.7 Å². The van der Waals surface area contributed by atoms with Crippen molar-refractivity contribution in [3.05, 3.63) is 47.5 Å². The van der Waals surface area contributed by atoms with Gasteiger partial charge in [0.15, 0.2) is 23.0 Å². The molecule has 2 rings (SSSR count). The number of hydrogen-bond acceptors (Lipinski definition) is 6. The highest BCUT2D eigenvalue weighted by molar-refractivity contribution is 5.95. The molecule has 0 aliphatic rings. The molecule has 0 heterocycles. The number of rotatable bonds is 5. The molecular weight excluding hydrogens is 302 g/mol. The molecule has 1 amide bonds. The van der Waals surface area contributed by atoms with Crippen LogP contribution >= 0.6 is 0 Å². The van der Waals surface area contributed by atoms with Gasteiger partial charge in [0.05, 0.1) is 12.6 Å². The molecule has 0 aliphatic carbocycles. The fourth-order valence-corrected chi connectivity index (χ4v) is 2.08. The van der Waals surface area contributed by atoms with Crippen molar-refractivity contribution in [2.75, 3.05) is 6.61 Å². The van der Waals surface area contributed by atoms with Crippen LogP contribution in [-0.4, -0.2) is 44.1 Å². The molecule has 0 fully saturated rings. The van der Waals surface area contributed by atoms with Crippen LogP contribution in [-0.2, 0) is 6.42 Å². The molecule has 0 saturated heterocycles. The van der Waals surface area contributed by atoms with E-state index in [1.807, 2.05) is 0 Å². The maximum Gasteiger partial charge on any atom is 0.251 e. The smallest absolute Gasteiger partial charge is 0.251 e. The van der Waals surface area contributed by atoms with Crippen LogP contribution in [0.25, 0.3) is 0 Å². The van der Waals surface area contributed by atoms with E-state index in [4.69, 9.17) is 0 Å². The summed E-state index contributed by atoms with van der Waals surface area (Å²) in [5.74, 6) is -1.81. The predicted molar refractivity (Wildman–Crippen MR) is 81.6 cm³/mol. The van der Waals surface area contributed by atoms with Crippen LogP contribution in [0.1, 0.15) is 15.9 Å². The van der Waals surface area contributed by atoms with Gasteiger partial charge in [-0.2, -0.15) is 0 Å². The Bertz CT molecular complexity index is 716. The molecule has 7 nitrogen and oxygen atoms in total. The summed E-state index contributed by atoms with van der Waals surface area (Å²) in [5.41, 5.74) is 0.750. The van der Waals surface area contributed by atoms with E-state index in [1.54, 1.807) is 6.07 Å². The molecule has 23 heavy (non-hydrogen) atoms. The number of nitrogens with one attached hydrogen (secondary N) is 1. The van der Waals surface area contributed by atoms with Crippen molar-refractivity contribution in [2.45, 2.75) is 12.5 Å². The van der Waals surface area contributed by atoms with Gasteiger partial charge in [0.1, 0.15) is 0 Å². The van der Waals surface area contributed by atoms with Crippen LogP contribution < -0.4 is 5.32 Å². The fourth-order valence-electron chi connectivity index (χ4n) is 2.08. The summed E-state index contributed by atoms with van der Waals surface area (Å²) in [4.78, 5) is 12.1. The van der Waals surface area contributed by atoms with E-state index in [1.165, 1.54) is 24.3 Å².